The molecule has 8 nitrogen and oxygen atoms in total. The Bertz CT molecular complexity index is 611. The van der Waals surface area contributed by atoms with Crippen LogP contribution in [0.3, 0.4) is 0 Å². The van der Waals surface area contributed by atoms with Crippen molar-refractivity contribution in [2.75, 3.05) is 19.0 Å². The second-order valence-corrected chi connectivity index (χ2v) is 4.17. The Morgan fingerprint density at radius 2 is 2.30 bits per heavy atom. The summed E-state index contributed by atoms with van der Waals surface area (Å²) in [5.74, 6) is 0.541. The Labute approximate surface area is 115 Å². The van der Waals surface area contributed by atoms with Gasteiger partial charge in [-0.2, -0.15) is 5.10 Å². The van der Waals surface area contributed by atoms with Gasteiger partial charge in [-0.15, -0.1) is 0 Å². The fourth-order valence-electron chi connectivity index (χ4n) is 1.70. The fraction of sp³-hybridized carbons (Fsp3) is 0.333. The van der Waals surface area contributed by atoms with Crippen LogP contribution in [0.15, 0.2) is 24.5 Å². The third-order valence-corrected chi connectivity index (χ3v) is 2.68. The Kier molecular flexibility index (Phi) is 4.26. The van der Waals surface area contributed by atoms with Gasteiger partial charge in [0.15, 0.2) is 0 Å². The van der Waals surface area contributed by atoms with Crippen molar-refractivity contribution in [2.24, 2.45) is 0 Å². The van der Waals surface area contributed by atoms with Gasteiger partial charge in [0.2, 0.25) is 0 Å². The first-order valence-electron chi connectivity index (χ1n) is 6.00. The summed E-state index contributed by atoms with van der Waals surface area (Å²) in [5.41, 5.74) is 1.14. The first-order valence-corrected chi connectivity index (χ1v) is 6.00. The zero-order valence-electron chi connectivity index (χ0n) is 11.2. The van der Waals surface area contributed by atoms with E-state index in [1.54, 1.807) is 31.0 Å². The maximum absolute atomic E-state index is 10.7. The summed E-state index contributed by atoms with van der Waals surface area (Å²) in [6.45, 7) is 2.84. The largest absolute Gasteiger partial charge is 0.383 e. The monoisotopic (exact) mass is 277 g/mol. The highest BCUT2D eigenvalue weighted by Gasteiger charge is 2.12. The number of rotatable bonds is 6. The molecule has 0 fully saturated rings. The Morgan fingerprint density at radius 1 is 1.50 bits per heavy atom. The lowest BCUT2D eigenvalue weighted by Crippen LogP contribution is -2.04. The van der Waals surface area contributed by atoms with Crippen LogP contribution in [-0.4, -0.2) is 33.4 Å². The van der Waals surface area contributed by atoms with Gasteiger partial charge in [-0.25, -0.2) is 4.98 Å². The van der Waals surface area contributed by atoms with E-state index >= 15 is 0 Å². The molecular formula is C12H15N5O3. The van der Waals surface area contributed by atoms with Crippen LogP contribution in [0.2, 0.25) is 0 Å². The van der Waals surface area contributed by atoms with Crippen molar-refractivity contribution in [3.63, 3.8) is 0 Å². The Hall–Kier alpha value is -2.48. The number of methoxy groups -OCH3 is 1. The first-order chi connectivity index (χ1) is 9.60. The highest BCUT2D eigenvalue weighted by Crippen LogP contribution is 2.20. The van der Waals surface area contributed by atoms with Crippen LogP contribution in [0.5, 0.6) is 0 Å². The number of nitrogens with one attached hydrogen (secondary N) is 1. The summed E-state index contributed by atoms with van der Waals surface area (Å²) in [6.07, 6.45) is 3.48. The fourth-order valence-corrected chi connectivity index (χ4v) is 1.70. The van der Waals surface area contributed by atoms with Crippen molar-refractivity contribution in [2.45, 2.75) is 13.5 Å². The second-order valence-electron chi connectivity index (χ2n) is 4.17. The zero-order chi connectivity index (χ0) is 14.5. The third-order valence-electron chi connectivity index (χ3n) is 2.68. The van der Waals surface area contributed by atoms with E-state index in [0.29, 0.717) is 24.7 Å². The lowest BCUT2D eigenvalue weighted by molar-refractivity contribution is -0.385. The maximum Gasteiger partial charge on any atom is 0.290 e. The molecule has 0 amide bonds. The summed E-state index contributed by atoms with van der Waals surface area (Å²) in [4.78, 5) is 14.4. The van der Waals surface area contributed by atoms with Crippen molar-refractivity contribution in [3.05, 3.63) is 40.3 Å². The zero-order valence-corrected chi connectivity index (χ0v) is 11.2. The molecule has 2 rings (SSSR count). The van der Waals surface area contributed by atoms with E-state index < -0.39 is 4.92 Å². The molecule has 106 valence electrons. The van der Waals surface area contributed by atoms with Crippen molar-refractivity contribution >= 4 is 17.2 Å². The molecule has 0 spiro atoms. The second kappa shape index (κ2) is 6.11. The SMILES string of the molecule is COCCn1cc(Nc2ccc([N+](=O)[O-])c(C)n2)cn1. The van der Waals surface area contributed by atoms with Crippen LogP contribution in [0.1, 0.15) is 5.69 Å². The molecular weight excluding hydrogens is 262 g/mol. The van der Waals surface area contributed by atoms with Crippen LogP contribution in [0.4, 0.5) is 17.2 Å². The number of ether oxygens (including phenoxy) is 1. The number of hydrogen-bond acceptors (Lipinski definition) is 6. The first kappa shape index (κ1) is 13.9. The molecule has 0 bridgehead atoms. The van der Waals surface area contributed by atoms with Crippen molar-refractivity contribution in [1.82, 2.24) is 14.8 Å². The minimum Gasteiger partial charge on any atom is -0.383 e. The highest BCUT2D eigenvalue weighted by molar-refractivity contribution is 5.56. The molecule has 2 aromatic rings. The van der Waals surface area contributed by atoms with Crippen LogP contribution in [-0.2, 0) is 11.3 Å². The molecule has 0 unspecified atom stereocenters. The predicted octanol–water partition coefficient (Wildman–Crippen LogP) is 1.88. The number of hydrogen-bond donors (Lipinski definition) is 1. The average Bonchev–Trinajstić information content (AvgIpc) is 2.83. The highest BCUT2D eigenvalue weighted by atomic mass is 16.6. The third kappa shape index (κ3) is 3.29. The lowest BCUT2D eigenvalue weighted by Gasteiger charge is -2.04. The van der Waals surface area contributed by atoms with E-state index in [1.165, 1.54) is 6.07 Å². The van der Waals surface area contributed by atoms with E-state index in [-0.39, 0.29) is 5.69 Å². The number of nitrogens with zero attached hydrogens (tertiary/aromatic N) is 4. The van der Waals surface area contributed by atoms with Gasteiger partial charge in [0.05, 0.1) is 30.0 Å². The maximum atomic E-state index is 10.7. The van der Waals surface area contributed by atoms with Crippen molar-refractivity contribution in [1.29, 1.82) is 0 Å². The van der Waals surface area contributed by atoms with Crippen molar-refractivity contribution in [3.8, 4) is 0 Å². The molecule has 0 saturated carbocycles. The Balaban J connectivity index is 2.08. The van der Waals surface area contributed by atoms with Gasteiger partial charge in [0.1, 0.15) is 11.5 Å². The van der Waals surface area contributed by atoms with Gasteiger partial charge in [-0.05, 0) is 13.0 Å². The van der Waals surface area contributed by atoms with E-state index in [4.69, 9.17) is 4.74 Å². The van der Waals surface area contributed by atoms with Crippen LogP contribution >= 0.6 is 0 Å². The lowest BCUT2D eigenvalue weighted by atomic mass is 10.3. The number of nitro groups is 1. The summed E-state index contributed by atoms with van der Waals surface area (Å²) in [7, 11) is 1.63. The topological polar surface area (TPSA) is 95.1 Å². The standard InChI is InChI=1S/C12H15N5O3/c1-9-11(17(18)19)3-4-12(14-9)15-10-7-13-16(8-10)5-6-20-2/h3-4,7-8H,5-6H2,1-2H3,(H,14,15). The van der Waals surface area contributed by atoms with E-state index in [1.807, 2.05) is 6.20 Å². The molecule has 0 saturated heterocycles. The smallest absolute Gasteiger partial charge is 0.290 e. The average molecular weight is 277 g/mol. The predicted molar refractivity (Wildman–Crippen MR) is 73.0 cm³/mol. The quantitative estimate of drug-likeness (QED) is 0.640. The molecule has 0 aliphatic carbocycles. The molecule has 1 N–H and O–H groups in total. The molecule has 0 atom stereocenters. The van der Waals surface area contributed by atoms with E-state index in [2.05, 4.69) is 15.4 Å². The summed E-state index contributed by atoms with van der Waals surface area (Å²) in [5, 5.41) is 17.9. The van der Waals surface area contributed by atoms with Gasteiger partial charge < -0.3 is 10.1 Å². The normalized spacial score (nSPS) is 10.5. The molecule has 2 aromatic heterocycles. The number of anilines is 2. The van der Waals surface area contributed by atoms with E-state index in [0.717, 1.165) is 5.69 Å². The number of aromatic nitrogens is 3. The summed E-state index contributed by atoms with van der Waals surface area (Å²) >= 11 is 0. The molecule has 0 radical (unpaired) electrons. The molecule has 2 heterocycles. The number of aryl methyl sites for hydroxylation is 1. The molecule has 0 aromatic carbocycles. The minimum atomic E-state index is -0.450. The Morgan fingerprint density at radius 3 is 2.95 bits per heavy atom. The van der Waals surface area contributed by atoms with Gasteiger partial charge in [0, 0.05) is 19.4 Å². The van der Waals surface area contributed by atoms with Crippen LogP contribution in [0.25, 0.3) is 0 Å². The van der Waals surface area contributed by atoms with Crippen LogP contribution < -0.4 is 5.32 Å². The summed E-state index contributed by atoms with van der Waals surface area (Å²) in [6, 6.07) is 3.00. The van der Waals surface area contributed by atoms with Crippen molar-refractivity contribution < 1.29 is 9.66 Å². The molecule has 0 aliphatic heterocycles. The molecule has 8 heteroatoms. The molecule has 20 heavy (non-hydrogen) atoms. The number of pyridine rings is 1. The van der Waals surface area contributed by atoms with Gasteiger partial charge in [-0.3, -0.25) is 14.8 Å². The summed E-state index contributed by atoms with van der Waals surface area (Å²) < 4.78 is 6.71. The van der Waals surface area contributed by atoms with Gasteiger partial charge in [0.25, 0.3) is 5.69 Å². The molecule has 0 aliphatic rings. The van der Waals surface area contributed by atoms with Crippen LogP contribution in [0, 0.1) is 17.0 Å². The van der Waals surface area contributed by atoms with E-state index in [9.17, 15) is 10.1 Å². The van der Waals surface area contributed by atoms with Gasteiger partial charge >= 0.3 is 0 Å². The van der Waals surface area contributed by atoms with Gasteiger partial charge in [-0.1, -0.05) is 0 Å². The minimum absolute atomic E-state index is 0.00587.